The number of anilines is 1. The average Bonchev–Trinajstić information content (AvgIpc) is 3.38. The van der Waals surface area contributed by atoms with Crippen LogP contribution in [0.1, 0.15) is 29.0 Å². The lowest BCUT2D eigenvalue weighted by Gasteiger charge is -2.28. The Bertz CT molecular complexity index is 1460. The molecule has 0 amide bonds. The zero-order valence-electron chi connectivity index (χ0n) is 17.9. The summed E-state index contributed by atoms with van der Waals surface area (Å²) in [4.78, 5) is 11.8. The topological polar surface area (TPSA) is 94.1 Å². The van der Waals surface area contributed by atoms with Crippen molar-refractivity contribution in [1.82, 2.24) is 15.0 Å². The van der Waals surface area contributed by atoms with Crippen LogP contribution in [0.2, 0.25) is 0 Å². The number of rotatable bonds is 5. The zero-order chi connectivity index (χ0) is 24.6. The Morgan fingerprint density at radius 1 is 1.03 bits per heavy atom. The summed E-state index contributed by atoms with van der Waals surface area (Å²) in [5.41, 5.74) is 1.01. The molecule has 2 aromatic heterocycles. The van der Waals surface area contributed by atoms with Crippen molar-refractivity contribution in [1.29, 1.82) is 0 Å². The van der Waals surface area contributed by atoms with Gasteiger partial charge in [0, 0.05) is 40.9 Å². The molecule has 0 spiro atoms. The van der Waals surface area contributed by atoms with Crippen molar-refractivity contribution in [3.8, 4) is 16.3 Å². The lowest BCUT2D eigenvalue weighted by atomic mass is 9.83. The maximum absolute atomic E-state index is 13.4. The molecule has 2 aromatic carbocycles. The molecule has 3 heterocycles. The fourth-order valence-corrected chi connectivity index (χ4v) is 5.69. The second-order valence-electron chi connectivity index (χ2n) is 7.73. The van der Waals surface area contributed by atoms with E-state index in [1.165, 1.54) is 48.1 Å². The molecule has 1 N–H and O–H groups in total. The van der Waals surface area contributed by atoms with E-state index in [9.17, 15) is 21.6 Å². The number of nitrogens with one attached hydrogen (secondary N) is 1. The van der Waals surface area contributed by atoms with Crippen LogP contribution < -0.4 is 9.46 Å². The number of ether oxygens (including phenoxy) is 1. The quantitative estimate of drug-likeness (QED) is 0.384. The number of halogens is 3. The molecule has 1 aliphatic heterocycles. The van der Waals surface area contributed by atoms with E-state index in [0.717, 1.165) is 12.1 Å². The predicted molar refractivity (Wildman–Crippen MR) is 124 cm³/mol. The standard InChI is InChI=1S/C23H17F3N4O3S2/c24-23(25,26)14-1-3-16(19(11-14)22-28-8-10-34-22)17-6-9-33-20-12-15(2-4-18(17)20)35(31,32)30-21-5-7-27-13-29-21/h1-5,7-8,10-13,17H,6,9H2,(H,27,29,30)/t17-/m1/s1. The number of nitrogens with zero attached hydrogens (tertiary/aromatic N) is 3. The van der Waals surface area contributed by atoms with Crippen LogP contribution in [-0.4, -0.2) is 30.0 Å². The fourth-order valence-electron chi connectivity index (χ4n) is 3.99. The lowest BCUT2D eigenvalue weighted by Crippen LogP contribution is -2.18. The second kappa shape index (κ2) is 8.93. The molecule has 0 saturated heterocycles. The zero-order valence-corrected chi connectivity index (χ0v) is 19.5. The average molecular weight is 519 g/mol. The minimum Gasteiger partial charge on any atom is -0.493 e. The van der Waals surface area contributed by atoms with Crippen LogP contribution in [0.4, 0.5) is 19.0 Å². The van der Waals surface area contributed by atoms with E-state index < -0.39 is 21.8 Å². The Hall–Kier alpha value is -3.51. The van der Waals surface area contributed by atoms with Crippen molar-refractivity contribution in [3.05, 3.63) is 83.3 Å². The van der Waals surface area contributed by atoms with Gasteiger partial charge >= 0.3 is 6.18 Å². The van der Waals surface area contributed by atoms with E-state index >= 15 is 0 Å². The van der Waals surface area contributed by atoms with E-state index in [0.29, 0.717) is 33.9 Å². The highest BCUT2D eigenvalue weighted by Crippen LogP contribution is 2.44. The van der Waals surface area contributed by atoms with Gasteiger partial charge < -0.3 is 4.74 Å². The molecular weight excluding hydrogens is 501 g/mol. The van der Waals surface area contributed by atoms with Crippen molar-refractivity contribution in [2.75, 3.05) is 11.3 Å². The predicted octanol–water partition coefficient (Wildman–Crippen LogP) is 5.33. The minimum absolute atomic E-state index is 0.0249. The first kappa shape index (κ1) is 23.2. The molecule has 0 unspecified atom stereocenters. The van der Waals surface area contributed by atoms with Crippen molar-refractivity contribution in [2.45, 2.75) is 23.4 Å². The minimum atomic E-state index is -4.49. The molecule has 7 nitrogen and oxygen atoms in total. The Balaban J connectivity index is 1.54. The van der Waals surface area contributed by atoms with Crippen LogP contribution >= 0.6 is 11.3 Å². The number of thiazole rings is 1. The van der Waals surface area contributed by atoms with Gasteiger partial charge in [0.1, 0.15) is 22.9 Å². The Morgan fingerprint density at radius 3 is 2.57 bits per heavy atom. The fraction of sp³-hybridized carbons (Fsp3) is 0.174. The van der Waals surface area contributed by atoms with Crippen LogP contribution in [-0.2, 0) is 16.2 Å². The summed E-state index contributed by atoms with van der Waals surface area (Å²) in [6.45, 7) is 0.277. The summed E-state index contributed by atoms with van der Waals surface area (Å²) in [6, 6.07) is 9.57. The van der Waals surface area contributed by atoms with E-state index in [1.54, 1.807) is 17.6 Å². The summed E-state index contributed by atoms with van der Waals surface area (Å²) < 4.78 is 74.1. The van der Waals surface area contributed by atoms with Crippen LogP contribution in [0.15, 0.2) is 71.5 Å². The highest BCUT2D eigenvalue weighted by molar-refractivity contribution is 7.92. The first-order valence-corrected chi connectivity index (χ1v) is 12.8. The summed E-state index contributed by atoms with van der Waals surface area (Å²) in [5.74, 6) is 0.178. The molecule has 5 rings (SSSR count). The summed E-state index contributed by atoms with van der Waals surface area (Å²) in [6.07, 6.45) is 0.210. The molecule has 0 radical (unpaired) electrons. The number of hydrogen-bond donors (Lipinski definition) is 1. The Morgan fingerprint density at radius 2 is 1.86 bits per heavy atom. The van der Waals surface area contributed by atoms with Gasteiger partial charge in [-0.2, -0.15) is 13.2 Å². The normalized spacial score (nSPS) is 15.8. The number of benzene rings is 2. The largest absolute Gasteiger partial charge is 0.493 e. The molecular formula is C23H17F3N4O3S2. The number of sulfonamides is 1. The highest BCUT2D eigenvalue weighted by atomic mass is 32.2. The monoisotopic (exact) mass is 518 g/mol. The smallest absolute Gasteiger partial charge is 0.416 e. The Kier molecular flexibility index (Phi) is 5.93. The molecule has 4 aromatic rings. The molecule has 0 bridgehead atoms. The van der Waals surface area contributed by atoms with E-state index in [1.807, 2.05) is 0 Å². The maximum atomic E-state index is 13.4. The number of alkyl halides is 3. The SMILES string of the molecule is O=S(=O)(Nc1ccncn1)c1ccc2c(c1)OCC[C@@H]2c1ccc(C(F)(F)F)cc1-c1nccs1. The van der Waals surface area contributed by atoms with Crippen LogP contribution in [0.5, 0.6) is 5.75 Å². The van der Waals surface area contributed by atoms with Gasteiger partial charge in [0.05, 0.1) is 17.1 Å². The maximum Gasteiger partial charge on any atom is 0.416 e. The molecule has 0 fully saturated rings. The van der Waals surface area contributed by atoms with Crippen LogP contribution in [0.25, 0.3) is 10.6 Å². The van der Waals surface area contributed by atoms with Crippen molar-refractivity contribution in [3.63, 3.8) is 0 Å². The van der Waals surface area contributed by atoms with Crippen molar-refractivity contribution in [2.24, 2.45) is 0 Å². The van der Waals surface area contributed by atoms with Gasteiger partial charge in [-0.3, -0.25) is 4.72 Å². The summed E-state index contributed by atoms with van der Waals surface area (Å²) in [7, 11) is -3.95. The van der Waals surface area contributed by atoms with E-state index in [-0.39, 0.29) is 23.2 Å². The van der Waals surface area contributed by atoms with Gasteiger partial charge in [-0.05, 0) is 36.2 Å². The van der Waals surface area contributed by atoms with Gasteiger partial charge in [0.25, 0.3) is 10.0 Å². The van der Waals surface area contributed by atoms with Gasteiger partial charge in [-0.25, -0.2) is 23.4 Å². The van der Waals surface area contributed by atoms with Crippen molar-refractivity contribution < 1.29 is 26.3 Å². The first-order valence-electron chi connectivity index (χ1n) is 10.4. The molecule has 12 heteroatoms. The molecule has 0 saturated carbocycles. The van der Waals surface area contributed by atoms with Gasteiger partial charge in [-0.1, -0.05) is 12.1 Å². The third kappa shape index (κ3) is 4.71. The molecule has 35 heavy (non-hydrogen) atoms. The van der Waals surface area contributed by atoms with Gasteiger partial charge in [0.2, 0.25) is 0 Å². The van der Waals surface area contributed by atoms with Gasteiger partial charge in [0.15, 0.2) is 0 Å². The summed E-state index contributed by atoms with van der Waals surface area (Å²) in [5, 5.41) is 2.19. The number of aromatic nitrogens is 3. The molecule has 1 aliphatic rings. The highest BCUT2D eigenvalue weighted by Gasteiger charge is 2.33. The van der Waals surface area contributed by atoms with Crippen LogP contribution in [0, 0.1) is 0 Å². The van der Waals surface area contributed by atoms with Crippen molar-refractivity contribution >= 4 is 27.2 Å². The second-order valence-corrected chi connectivity index (χ2v) is 10.3. The lowest BCUT2D eigenvalue weighted by molar-refractivity contribution is -0.137. The molecule has 180 valence electrons. The van der Waals surface area contributed by atoms with E-state index in [4.69, 9.17) is 4.74 Å². The first-order chi connectivity index (χ1) is 16.7. The molecule has 0 aliphatic carbocycles. The third-order valence-electron chi connectivity index (χ3n) is 5.57. The molecule has 1 atom stereocenters. The number of fused-ring (bicyclic) bond motifs is 1. The van der Waals surface area contributed by atoms with Gasteiger partial charge in [-0.15, -0.1) is 11.3 Å². The summed E-state index contributed by atoms with van der Waals surface area (Å²) >= 11 is 1.25. The van der Waals surface area contributed by atoms with E-state index in [2.05, 4.69) is 19.7 Å². The Labute approximate surface area is 202 Å². The number of hydrogen-bond acceptors (Lipinski definition) is 7. The van der Waals surface area contributed by atoms with Crippen LogP contribution in [0.3, 0.4) is 0 Å². The third-order valence-corrected chi connectivity index (χ3v) is 7.73.